The van der Waals surface area contributed by atoms with Gasteiger partial charge in [0.05, 0.1) is 24.6 Å². The van der Waals surface area contributed by atoms with E-state index in [1.165, 1.54) is 18.6 Å². The molecule has 0 spiro atoms. The van der Waals surface area contributed by atoms with Gasteiger partial charge in [0, 0.05) is 18.9 Å². The van der Waals surface area contributed by atoms with E-state index in [0.29, 0.717) is 18.8 Å². The van der Waals surface area contributed by atoms with Gasteiger partial charge in [-0.1, -0.05) is 42.5 Å². The Labute approximate surface area is 157 Å². The molecular weight excluding hydrogens is 362 g/mol. The summed E-state index contributed by atoms with van der Waals surface area (Å²) in [6.07, 6.45) is 6.03. The van der Waals surface area contributed by atoms with E-state index >= 15 is 0 Å². The molecule has 0 bridgehead atoms. The van der Waals surface area contributed by atoms with Crippen LogP contribution in [0.2, 0.25) is 0 Å². The van der Waals surface area contributed by atoms with Gasteiger partial charge in [-0.05, 0) is 23.3 Å². The van der Waals surface area contributed by atoms with Gasteiger partial charge in [0.1, 0.15) is 4.90 Å². The number of fused-ring (bicyclic) bond motifs is 1. The minimum atomic E-state index is -3.68. The number of benzene rings is 2. The van der Waals surface area contributed by atoms with Crippen LogP contribution in [-0.4, -0.2) is 28.0 Å². The molecule has 0 aliphatic rings. The number of aromatic nitrogens is 4. The molecule has 0 amide bonds. The van der Waals surface area contributed by atoms with Crippen LogP contribution < -0.4 is 4.72 Å². The number of rotatable bonds is 6. The third kappa shape index (κ3) is 3.56. The number of hydrogen-bond donors (Lipinski definition) is 1. The number of sulfonamides is 1. The summed E-state index contributed by atoms with van der Waals surface area (Å²) < 4.78 is 30.8. The number of hydrogen-bond acceptors (Lipinski definition) is 4. The minimum Gasteiger partial charge on any atom is -0.276 e. The highest BCUT2D eigenvalue weighted by atomic mass is 32.2. The number of nitrogens with one attached hydrogen (secondary N) is 1. The topological polar surface area (TPSA) is 81.8 Å². The first-order valence-corrected chi connectivity index (χ1v) is 10.1. The van der Waals surface area contributed by atoms with Crippen LogP contribution in [0.5, 0.6) is 0 Å². The standard InChI is InChI=1S/C19H19N5O2S/c1-2-23-14-18(11-21-23)27(25,26)22-17-10-20-24(13-17)12-16-8-5-7-15-6-3-4-9-19(15)16/h3-11,13-14,22H,2,12H2,1H3. The first kappa shape index (κ1) is 17.3. The predicted octanol–water partition coefficient (Wildman–Crippen LogP) is 3.10. The minimum absolute atomic E-state index is 0.131. The van der Waals surface area contributed by atoms with Gasteiger partial charge in [-0.3, -0.25) is 14.1 Å². The van der Waals surface area contributed by atoms with Gasteiger partial charge in [0.15, 0.2) is 0 Å². The molecule has 0 aliphatic heterocycles. The summed E-state index contributed by atoms with van der Waals surface area (Å²) in [6, 6.07) is 14.3. The predicted molar refractivity (Wildman–Crippen MR) is 104 cm³/mol. The number of aryl methyl sites for hydroxylation is 1. The molecule has 8 heteroatoms. The van der Waals surface area contributed by atoms with Crippen LogP contribution in [0.1, 0.15) is 12.5 Å². The molecule has 0 aliphatic carbocycles. The van der Waals surface area contributed by atoms with E-state index in [1.807, 2.05) is 31.2 Å². The maximum atomic E-state index is 12.5. The maximum absolute atomic E-state index is 12.5. The quantitative estimate of drug-likeness (QED) is 0.556. The lowest BCUT2D eigenvalue weighted by atomic mass is 10.0. The fourth-order valence-corrected chi connectivity index (χ4v) is 3.96. The van der Waals surface area contributed by atoms with Crippen molar-refractivity contribution in [1.29, 1.82) is 0 Å². The summed E-state index contributed by atoms with van der Waals surface area (Å²) >= 11 is 0. The normalized spacial score (nSPS) is 11.7. The van der Waals surface area contributed by atoms with E-state index in [0.717, 1.165) is 16.3 Å². The highest BCUT2D eigenvalue weighted by Gasteiger charge is 2.17. The van der Waals surface area contributed by atoms with Gasteiger partial charge in [-0.25, -0.2) is 8.42 Å². The first-order valence-electron chi connectivity index (χ1n) is 8.59. The molecule has 0 saturated heterocycles. The van der Waals surface area contributed by atoms with Crippen molar-refractivity contribution in [3.63, 3.8) is 0 Å². The van der Waals surface area contributed by atoms with Gasteiger partial charge in [-0.2, -0.15) is 10.2 Å². The van der Waals surface area contributed by atoms with Gasteiger partial charge < -0.3 is 0 Å². The second kappa shape index (κ2) is 6.88. The van der Waals surface area contributed by atoms with Crippen molar-refractivity contribution in [2.24, 2.45) is 0 Å². The average Bonchev–Trinajstić information content (AvgIpc) is 3.31. The van der Waals surface area contributed by atoms with E-state index in [9.17, 15) is 8.42 Å². The molecule has 4 aromatic rings. The van der Waals surface area contributed by atoms with Crippen LogP contribution in [0, 0.1) is 0 Å². The number of anilines is 1. The van der Waals surface area contributed by atoms with E-state index in [-0.39, 0.29) is 4.90 Å². The SMILES string of the molecule is CCn1cc(S(=O)(=O)Nc2cnn(Cc3cccc4ccccc34)c2)cn1. The molecule has 0 saturated carbocycles. The van der Waals surface area contributed by atoms with Crippen molar-refractivity contribution in [1.82, 2.24) is 19.6 Å². The second-order valence-electron chi connectivity index (χ2n) is 6.20. The summed E-state index contributed by atoms with van der Waals surface area (Å²) in [5.74, 6) is 0. The van der Waals surface area contributed by atoms with E-state index < -0.39 is 10.0 Å². The lowest BCUT2D eigenvalue weighted by Gasteiger charge is -2.07. The lowest BCUT2D eigenvalue weighted by Crippen LogP contribution is -2.12. The summed E-state index contributed by atoms with van der Waals surface area (Å²) in [6.45, 7) is 3.06. The van der Waals surface area contributed by atoms with Crippen LogP contribution in [0.3, 0.4) is 0 Å². The Kier molecular flexibility index (Phi) is 4.41. The second-order valence-corrected chi connectivity index (χ2v) is 7.88. The zero-order valence-corrected chi connectivity index (χ0v) is 15.6. The van der Waals surface area contributed by atoms with Crippen LogP contribution >= 0.6 is 0 Å². The average molecular weight is 381 g/mol. The van der Waals surface area contributed by atoms with Crippen molar-refractivity contribution in [3.05, 3.63) is 72.8 Å². The third-order valence-corrected chi connectivity index (χ3v) is 5.68. The van der Waals surface area contributed by atoms with E-state index in [1.54, 1.807) is 15.6 Å². The summed E-state index contributed by atoms with van der Waals surface area (Å²) in [5, 5.41) is 10.6. The lowest BCUT2D eigenvalue weighted by molar-refractivity contribution is 0.600. The van der Waals surface area contributed by atoms with Crippen LogP contribution in [0.25, 0.3) is 10.8 Å². The van der Waals surface area contributed by atoms with Crippen molar-refractivity contribution >= 4 is 26.5 Å². The highest BCUT2D eigenvalue weighted by Crippen LogP contribution is 2.20. The molecule has 1 N–H and O–H groups in total. The van der Waals surface area contributed by atoms with Crippen LogP contribution in [0.15, 0.2) is 72.1 Å². The smallest absolute Gasteiger partial charge is 0.265 e. The molecule has 0 fully saturated rings. The Morgan fingerprint density at radius 1 is 0.963 bits per heavy atom. The fraction of sp³-hybridized carbons (Fsp3) is 0.158. The Morgan fingerprint density at radius 2 is 1.74 bits per heavy atom. The molecule has 2 aromatic heterocycles. The first-order chi connectivity index (χ1) is 13.0. The summed E-state index contributed by atoms with van der Waals surface area (Å²) in [5.41, 5.74) is 1.54. The zero-order valence-electron chi connectivity index (χ0n) is 14.8. The summed E-state index contributed by atoms with van der Waals surface area (Å²) in [4.78, 5) is 0.131. The van der Waals surface area contributed by atoms with Crippen molar-refractivity contribution in [3.8, 4) is 0 Å². The third-order valence-electron chi connectivity index (χ3n) is 4.34. The van der Waals surface area contributed by atoms with E-state index in [2.05, 4.69) is 33.1 Å². The van der Waals surface area contributed by atoms with Gasteiger partial charge >= 0.3 is 0 Å². The Morgan fingerprint density at radius 3 is 2.56 bits per heavy atom. The molecule has 4 rings (SSSR count). The van der Waals surface area contributed by atoms with E-state index in [4.69, 9.17) is 0 Å². The molecule has 2 aromatic carbocycles. The molecule has 138 valence electrons. The van der Waals surface area contributed by atoms with Crippen LogP contribution in [0.4, 0.5) is 5.69 Å². The van der Waals surface area contributed by atoms with Gasteiger partial charge in [0.2, 0.25) is 0 Å². The van der Waals surface area contributed by atoms with Gasteiger partial charge in [0.25, 0.3) is 10.0 Å². The fourth-order valence-electron chi connectivity index (χ4n) is 2.98. The van der Waals surface area contributed by atoms with Crippen molar-refractivity contribution in [2.75, 3.05) is 4.72 Å². The number of nitrogens with zero attached hydrogens (tertiary/aromatic N) is 4. The van der Waals surface area contributed by atoms with Gasteiger partial charge in [-0.15, -0.1) is 0 Å². The van der Waals surface area contributed by atoms with Crippen molar-refractivity contribution in [2.45, 2.75) is 24.9 Å². The monoisotopic (exact) mass is 381 g/mol. The Balaban J connectivity index is 1.55. The molecule has 0 radical (unpaired) electrons. The molecular formula is C19H19N5O2S. The van der Waals surface area contributed by atoms with Crippen LogP contribution in [-0.2, 0) is 23.1 Å². The maximum Gasteiger partial charge on any atom is 0.265 e. The zero-order chi connectivity index (χ0) is 18.9. The molecule has 27 heavy (non-hydrogen) atoms. The Hall–Kier alpha value is -3.13. The Bertz CT molecular complexity index is 1190. The highest BCUT2D eigenvalue weighted by molar-refractivity contribution is 7.92. The summed E-state index contributed by atoms with van der Waals surface area (Å²) in [7, 11) is -3.68. The molecule has 2 heterocycles. The molecule has 7 nitrogen and oxygen atoms in total. The molecule has 0 unspecified atom stereocenters. The largest absolute Gasteiger partial charge is 0.276 e. The van der Waals surface area contributed by atoms with Crippen molar-refractivity contribution < 1.29 is 8.42 Å². The molecule has 0 atom stereocenters.